The number of hydrogen-bond donors (Lipinski definition) is 3. The Kier molecular flexibility index (Phi) is 5.07. The Morgan fingerprint density at radius 2 is 1.85 bits per heavy atom. The topological polar surface area (TPSA) is 99.8 Å². The first-order valence-electron chi connectivity index (χ1n) is 8.18. The molecule has 3 rings (SSSR count). The van der Waals surface area contributed by atoms with Crippen molar-refractivity contribution >= 4 is 17.6 Å². The minimum Gasteiger partial charge on any atom is -0.354 e. The third kappa shape index (κ3) is 3.77. The van der Waals surface area contributed by atoms with Gasteiger partial charge in [0.1, 0.15) is 11.5 Å². The van der Waals surface area contributed by atoms with Gasteiger partial charge >= 0.3 is 0 Å². The van der Waals surface area contributed by atoms with E-state index in [9.17, 15) is 9.59 Å². The van der Waals surface area contributed by atoms with E-state index < -0.39 is 0 Å². The van der Waals surface area contributed by atoms with Crippen LogP contribution in [-0.2, 0) is 0 Å². The molecule has 2 heterocycles. The molecule has 0 fully saturated rings. The van der Waals surface area contributed by atoms with E-state index in [0.717, 1.165) is 5.56 Å². The van der Waals surface area contributed by atoms with Crippen LogP contribution in [0.4, 0.5) is 5.82 Å². The van der Waals surface area contributed by atoms with Crippen molar-refractivity contribution in [3.05, 3.63) is 77.2 Å². The Labute approximate surface area is 150 Å². The van der Waals surface area contributed by atoms with Crippen LogP contribution in [0.5, 0.6) is 0 Å². The highest BCUT2D eigenvalue weighted by atomic mass is 16.2. The van der Waals surface area contributed by atoms with E-state index in [4.69, 9.17) is 0 Å². The average Bonchev–Trinajstić information content (AvgIpc) is 3.20. The van der Waals surface area contributed by atoms with Crippen molar-refractivity contribution < 1.29 is 9.59 Å². The highest BCUT2D eigenvalue weighted by molar-refractivity contribution is 6.05. The maximum Gasteiger partial charge on any atom is 0.269 e. The second-order valence-corrected chi connectivity index (χ2v) is 5.80. The predicted molar refractivity (Wildman–Crippen MR) is 98.1 cm³/mol. The normalized spacial score (nSPS) is 11.6. The van der Waals surface area contributed by atoms with Crippen LogP contribution >= 0.6 is 0 Å². The first kappa shape index (κ1) is 17.3. The van der Waals surface area contributed by atoms with Crippen LogP contribution in [0.3, 0.4) is 0 Å². The molecular weight excluding hydrogens is 330 g/mol. The lowest BCUT2D eigenvalue weighted by Gasteiger charge is -2.14. The summed E-state index contributed by atoms with van der Waals surface area (Å²) < 4.78 is 0. The Balaban J connectivity index is 1.98. The number of anilines is 1. The van der Waals surface area contributed by atoms with Crippen molar-refractivity contribution in [3.63, 3.8) is 0 Å². The number of carbonyl (C=O) groups is 2. The SMILES string of the molecule is CNC(=O)c1cc(C(=O)Nc2ccn[nH]2)cc([C@@H](C)c2ccccc2)n1. The van der Waals surface area contributed by atoms with Gasteiger partial charge in [0, 0.05) is 30.3 Å². The van der Waals surface area contributed by atoms with Gasteiger partial charge in [-0.15, -0.1) is 0 Å². The van der Waals surface area contributed by atoms with Gasteiger partial charge in [-0.25, -0.2) is 4.98 Å². The van der Waals surface area contributed by atoms with E-state index >= 15 is 0 Å². The Morgan fingerprint density at radius 3 is 2.50 bits per heavy atom. The van der Waals surface area contributed by atoms with E-state index in [1.54, 1.807) is 18.3 Å². The summed E-state index contributed by atoms with van der Waals surface area (Å²) in [7, 11) is 1.53. The fraction of sp³-hybridized carbons (Fsp3) is 0.158. The number of carbonyl (C=O) groups excluding carboxylic acids is 2. The van der Waals surface area contributed by atoms with Crippen LogP contribution in [-0.4, -0.2) is 34.0 Å². The third-order valence-corrected chi connectivity index (χ3v) is 4.06. The van der Waals surface area contributed by atoms with E-state index in [0.29, 0.717) is 17.1 Å². The molecule has 26 heavy (non-hydrogen) atoms. The molecule has 3 aromatic rings. The minimum atomic E-state index is -0.345. The molecule has 3 N–H and O–H groups in total. The number of nitrogens with one attached hydrogen (secondary N) is 3. The smallest absolute Gasteiger partial charge is 0.269 e. The number of rotatable bonds is 5. The van der Waals surface area contributed by atoms with Gasteiger partial charge in [-0.05, 0) is 17.7 Å². The number of aromatic amines is 1. The van der Waals surface area contributed by atoms with Crippen molar-refractivity contribution in [1.29, 1.82) is 0 Å². The lowest BCUT2D eigenvalue weighted by Crippen LogP contribution is -2.22. The number of hydrogen-bond acceptors (Lipinski definition) is 4. The highest BCUT2D eigenvalue weighted by Crippen LogP contribution is 2.24. The molecule has 2 aromatic heterocycles. The Morgan fingerprint density at radius 1 is 1.08 bits per heavy atom. The number of benzene rings is 1. The van der Waals surface area contributed by atoms with Crippen molar-refractivity contribution in [3.8, 4) is 0 Å². The molecule has 0 bridgehead atoms. The molecule has 1 atom stereocenters. The first-order chi connectivity index (χ1) is 12.6. The maximum atomic E-state index is 12.6. The molecular formula is C19H19N5O2. The monoisotopic (exact) mass is 349 g/mol. The van der Waals surface area contributed by atoms with Crippen molar-refractivity contribution in [1.82, 2.24) is 20.5 Å². The second kappa shape index (κ2) is 7.60. The molecule has 132 valence electrons. The molecule has 2 amide bonds. The number of amides is 2. The number of aromatic nitrogens is 3. The predicted octanol–water partition coefficient (Wildman–Crippen LogP) is 2.57. The molecule has 0 unspecified atom stereocenters. The fourth-order valence-electron chi connectivity index (χ4n) is 2.58. The highest BCUT2D eigenvalue weighted by Gasteiger charge is 2.18. The van der Waals surface area contributed by atoms with Crippen LogP contribution in [0.15, 0.2) is 54.7 Å². The van der Waals surface area contributed by atoms with Gasteiger partial charge in [0.25, 0.3) is 11.8 Å². The molecule has 1 aromatic carbocycles. The molecule has 7 heteroatoms. The van der Waals surface area contributed by atoms with Crippen LogP contribution in [0.2, 0.25) is 0 Å². The van der Waals surface area contributed by atoms with Crippen LogP contribution in [0, 0.1) is 0 Å². The number of nitrogens with zero attached hydrogens (tertiary/aromatic N) is 2. The minimum absolute atomic E-state index is 0.0699. The van der Waals surface area contributed by atoms with E-state index in [1.165, 1.54) is 13.1 Å². The molecule has 0 aliphatic carbocycles. The van der Waals surface area contributed by atoms with E-state index in [1.807, 2.05) is 37.3 Å². The van der Waals surface area contributed by atoms with Gasteiger partial charge < -0.3 is 10.6 Å². The second-order valence-electron chi connectivity index (χ2n) is 5.80. The molecule has 0 saturated heterocycles. The molecule has 0 saturated carbocycles. The first-order valence-corrected chi connectivity index (χ1v) is 8.18. The van der Waals surface area contributed by atoms with Crippen LogP contribution in [0.1, 0.15) is 44.9 Å². The Bertz CT molecular complexity index is 907. The summed E-state index contributed by atoms with van der Waals surface area (Å²) in [4.78, 5) is 29.1. The van der Waals surface area contributed by atoms with E-state index in [2.05, 4.69) is 25.8 Å². The van der Waals surface area contributed by atoms with Gasteiger partial charge in [-0.2, -0.15) is 5.10 Å². The summed E-state index contributed by atoms with van der Waals surface area (Å²) in [5.41, 5.74) is 2.24. The lowest BCUT2D eigenvalue weighted by atomic mass is 9.96. The summed E-state index contributed by atoms with van der Waals surface area (Å²) in [6, 6.07) is 14.6. The molecule has 7 nitrogen and oxygen atoms in total. The summed E-state index contributed by atoms with van der Waals surface area (Å²) in [5, 5.41) is 11.7. The van der Waals surface area contributed by atoms with E-state index in [-0.39, 0.29) is 23.4 Å². The van der Waals surface area contributed by atoms with Crippen LogP contribution in [0.25, 0.3) is 0 Å². The molecule has 0 spiro atoms. The summed E-state index contributed by atoms with van der Waals surface area (Å²) in [6.45, 7) is 1.99. The maximum absolute atomic E-state index is 12.6. The van der Waals surface area contributed by atoms with Gasteiger partial charge in [0.05, 0.1) is 6.20 Å². The van der Waals surface area contributed by atoms with Crippen LogP contribution < -0.4 is 10.6 Å². The quantitative estimate of drug-likeness (QED) is 0.659. The number of pyridine rings is 1. The zero-order valence-electron chi connectivity index (χ0n) is 14.5. The summed E-state index contributed by atoms with van der Waals surface area (Å²) in [5.74, 6) is -0.281. The fourth-order valence-corrected chi connectivity index (χ4v) is 2.58. The molecule has 0 radical (unpaired) electrons. The lowest BCUT2D eigenvalue weighted by molar-refractivity contribution is 0.0958. The third-order valence-electron chi connectivity index (χ3n) is 4.06. The van der Waals surface area contributed by atoms with Crippen molar-refractivity contribution in [2.45, 2.75) is 12.8 Å². The zero-order chi connectivity index (χ0) is 18.5. The Hall–Kier alpha value is -3.48. The summed E-state index contributed by atoms with van der Waals surface area (Å²) >= 11 is 0. The largest absolute Gasteiger partial charge is 0.354 e. The van der Waals surface area contributed by atoms with Gasteiger partial charge in [-0.3, -0.25) is 14.7 Å². The standard InChI is InChI=1S/C19H19N5O2/c1-12(13-6-4-3-5-7-13)15-10-14(11-16(22-15)19(26)20-2)18(25)23-17-8-9-21-24-17/h3-12H,1-2H3,(H,20,26)(H2,21,23,24,25)/t12-/m0/s1. The zero-order valence-corrected chi connectivity index (χ0v) is 14.5. The molecule has 0 aliphatic rings. The van der Waals surface area contributed by atoms with Gasteiger partial charge in [0.2, 0.25) is 0 Å². The summed E-state index contributed by atoms with van der Waals surface area (Å²) in [6.07, 6.45) is 1.54. The van der Waals surface area contributed by atoms with Crippen molar-refractivity contribution in [2.75, 3.05) is 12.4 Å². The average molecular weight is 349 g/mol. The van der Waals surface area contributed by atoms with Gasteiger partial charge in [-0.1, -0.05) is 37.3 Å². The number of H-pyrrole nitrogens is 1. The van der Waals surface area contributed by atoms with Gasteiger partial charge in [0.15, 0.2) is 0 Å². The molecule has 0 aliphatic heterocycles. The van der Waals surface area contributed by atoms with Crippen molar-refractivity contribution in [2.24, 2.45) is 0 Å².